The number of rotatable bonds is 2. The van der Waals surface area contributed by atoms with Gasteiger partial charge in [-0.05, 0) is 0 Å². The predicted octanol–water partition coefficient (Wildman–Crippen LogP) is -1.12. The maximum Gasteiger partial charge on any atom is 2.00 e. The monoisotopic (exact) mass is 144 g/mol. The third-order valence-corrected chi connectivity index (χ3v) is 0.781. The predicted molar refractivity (Wildman–Crippen MR) is 35.2 cm³/mol. The van der Waals surface area contributed by atoms with Crippen LogP contribution in [0, 0.1) is 12.8 Å². The van der Waals surface area contributed by atoms with Crippen molar-refractivity contribution in [3.63, 3.8) is 0 Å². The molecule has 2 heteroatoms. The van der Waals surface area contributed by atoms with Gasteiger partial charge in [0, 0.05) is 0 Å². The second kappa shape index (κ2) is 10.9. The molecule has 0 aromatic heterocycles. The molecule has 0 amide bonds. The molecule has 0 rings (SSSR count). The summed E-state index contributed by atoms with van der Waals surface area (Å²) in [6, 6.07) is 0. The second-order valence-corrected chi connectivity index (χ2v) is 1.89. The molecule has 0 bridgehead atoms. The Balaban J connectivity index is -0.000000125. The van der Waals surface area contributed by atoms with Gasteiger partial charge in [-0.2, -0.15) is 5.92 Å². The van der Waals surface area contributed by atoms with Crippen LogP contribution in [-0.4, -0.2) is 23.1 Å². The number of hydrogen-bond acceptors (Lipinski definition) is 0. The van der Waals surface area contributed by atoms with Gasteiger partial charge in [-0.15, -0.1) is 0 Å². The van der Waals surface area contributed by atoms with Crippen LogP contribution in [0.1, 0.15) is 26.7 Å². The van der Waals surface area contributed by atoms with Crippen molar-refractivity contribution in [3.8, 4) is 0 Å². The molecule has 46 valence electrons. The van der Waals surface area contributed by atoms with Crippen LogP contribution in [0.4, 0.5) is 0 Å². The Morgan fingerprint density at radius 1 is 1.50 bits per heavy atom. The topological polar surface area (TPSA) is 0 Å². The molecule has 0 unspecified atom stereocenters. The van der Waals surface area contributed by atoms with Gasteiger partial charge in [0.05, 0.1) is 0 Å². The molecule has 0 aliphatic rings. The minimum absolute atomic E-state index is 0. The van der Waals surface area contributed by atoms with E-state index in [0.29, 0.717) is 5.92 Å². The normalized spacial score (nSPS) is 10.9. The Morgan fingerprint density at radius 2 is 1.88 bits per heavy atom. The molecule has 0 aliphatic carbocycles. The Kier molecular flexibility index (Phi) is 21.9. The standard InChI is InChI=1S/C6H13.ClH.Mg/c1-4-5-6(2)3;;/h6H,2,4-5H2,1,3H3;1H;/q-1;;+2/p-1/t6-;;/m1../s1. The molecule has 8 heavy (non-hydrogen) atoms. The summed E-state index contributed by atoms with van der Waals surface area (Å²) in [4.78, 5) is 0. The molecular formula is C6H13ClMg. The van der Waals surface area contributed by atoms with Crippen LogP contribution in [0.15, 0.2) is 0 Å². The number of halogens is 1. The summed E-state index contributed by atoms with van der Waals surface area (Å²) >= 11 is 0. The van der Waals surface area contributed by atoms with Crippen LogP contribution in [0.2, 0.25) is 0 Å². The SMILES string of the molecule is [CH2-][C@H](C)CCC.[Cl-].[Mg+2]. The average molecular weight is 145 g/mol. The zero-order valence-electron chi connectivity index (χ0n) is 5.78. The maximum atomic E-state index is 3.83. The van der Waals surface area contributed by atoms with E-state index in [1.807, 2.05) is 0 Å². The fourth-order valence-corrected chi connectivity index (χ4v) is 0.493. The molecule has 0 saturated carbocycles. The Morgan fingerprint density at radius 3 is 1.88 bits per heavy atom. The van der Waals surface area contributed by atoms with Crippen molar-refractivity contribution in [2.24, 2.45) is 5.92 Å². The van der Waals surface area contributed by atoms with E-state index in [1.165, 1.54) is 12.8 Å². The molecule has 0 aliphatic heterocycles. The van der Waals surface area contributed by atoms with Crippen molar-refractivity contribution in [1.82, 2.24) is 0 Å². The van der Waals surface area contributed by atoms with Crippen LogP contribution in [0.3, 0.4) is 0 Å². The molecule has 0 fully saturated rings. The van der Waals surface area contributed by atoms with Crippen molar-refractivity contribution >= 4 is 23.1 Å². The van der Waals surface area contributed by atoms with E-state index in [9.17, 15) is 0 Å². The van der Waals surface area contributed by atoms with E-state index >= 15 is 0 Å². The van der Waals surface area contributed by atoms with Gasteiger partial charge in [0.1, 0.15) is 0 Å². The van der Waals surface area contributed by atoms with Crippen LogP contribution in [-0.2, 0) is 0 Å². The van der Waals surface area contributed by atoms with Gasteiger partial charge in [0.2, 0.25) is 0 Å². The molecule has 1 atom stereocenters. The van der Waals surface area contributed by atoms with Gasteiger partial charge >= 0.3 is 23.1 Å². The van der Waals surface area contributed by atoms with Crippen molar-refractivity contribution < 1.29 is 12.4 Å². The third-order valence-electron chi connectivity index (χ3n) is 0.781. The molecule has 0 heterocycles. The molecule has 0 aromatic carbocycles. The van der Waals surface area contributed by atoms with Gasteiger partial charge < -0.3 is 19.3 Å². The van der Waals surface area contributed by atoms with Crippen LogP contribution < -0.4 is 12.4 Å². The molecule has 0 aromatic rings. The largest absolute Gasteiger partial charge is 2.00 e. The molecule has 0 N–H and O–H groups in total. The van der Waals surface area contributed by atoms with Gasteiger partial charge in [0.25, 0.3) is 0 Å². The minimum atomic E-state index is 0. The van der Waals surface area contributed by atoms with Crippen LogP contribution in [0.5, 0.6) is 0 Å². The molecule has 0 nitrogen and oxygen atoms in total. The van der Waals surface area contributed by atoms with E-state index in [4.69, 9.17) is 0 Å². The Bertz CT molecular complexity index is 29.7. The second-order valence-electron chi connectivity index (χ2n) is 1.89. The quantitative estimate of drug-likeness (QED) is 0.341. The average Bonchev–Trinajstić information content (AvgIpc) is 1.35. The zero-order chi connectivity index (χ0) is 4.99. The van der Waals surface area contributed by atoms with E-state index in [0.717, 1.165) is 0 Å². The van der Waals surface area contributed by atoms with Gasteiger partial charge in [-0.25, -0.2) is 0 Å². The fourth-order valence-electron chi connectivity index (χ4n) is 0.493. The fraction of sp³-hybridized carbons (Fsp3) is 0.833. The van der Waals surface area contributed by atoms with E-state index in [1.54, 1.807) is 0 Å². The maximum absolute atomic E-state index is 3.83. The summed E-state index contributed by atoms with van der Waals surface area (Å²) < 4.78 is 0. The molecular weight excluding hydrogens is 132 g/mol. The summed E-state index contributed by atoms with van der Waals surface area (Å²) in [5.74, 6) is 0.648. The summed E-state index contributed by atoms with van der Waals surface area (Å²) in [7, 11) is 0. The first-order valence-corrected chi connectivity index (χ1v) is 2.60. The minimum Gasteiger partial charge on any atom is -1.00 e. The van der Waals surface area contributed by atoms with Gasteiger partial charge in [-0.1, -0.05) is 26.7 Å². The summed E-state index contributed by atoms with van der Waals surface area (Å²) in [6.45, 7) is 8.15. The zero-order valence-corrected chi connectivity index (χ0v) is 7.95. The smallest absolute Gasteiger partial charge is 1.00 e. The first-order chi connectivity index (χ1) is 2.77. The van der Waals surface area contributed by atoms with Crippen molar-refractivity contribution in [2.45, 2.75) is 26.7 Å². The van der Waals surface area contributed by atoms with Crippen LogP contribution in [0.25, 0.3) is 0 Å². The summed E-state index contributed by atoms with van der Waals surface area (Å²) in [6.07, 6.45) is 2.53. The van der Waals surface area contributed by atoms with Gasteiger partial charge in [0.15, 0.2) is 0 Å². The first-order valence-electron chi connectivity index (χ1n) is 2.60. The van der Waals surface area contributed by atoms with Crippen molar-refractivity contribution in [1.29, 1.82) is 0 Å². The first kappa shape index (κ1) is 16.0. The van der Waals surface area contributed by atoms with E-state index in [-0.39, 0.29) is 35.5 Å². The number of hydrogen-bond donors (Lipinski definition) is 0. The van der Waals surface area contributed by atoms with Crippen LogP contribution >= 0.6 is 0 Å². The van der Waals surface area contributed by atoms with E-state index in [2.05, 4.69) is 20.8 Å². The molecule has 0 saturated heterocycles. The van der Waals surface area contributed by atoms with E-state index < -0.39 is 0 Å². The molecule has 0 spiro atoms. The van der Waals surface area contributed by atoms with Gasteiger partial charge in [-0.3, -0.25) is 0 Å². The Labute approximate surface area is 75.0 Å². The van der Waals surface area contributed by atoms with Crippen molar-refractivity contribution in [2.75, 3.05) is 0 Å². The summed E-state index contributed by atoms with van der Waals surface area (Å²) in [5.41, 5.74) is 0. The van der Waals surface area contributed by atoms with Crippen molar-refractivity contribution in [3.05, 3.63) is 6.92 Å². The molecule has 0 radical (unpaired) electrons. The summed E-state index contributed by atoms with van der Waals surface area (Å²) in [5, 5.41) is 0. The Hall–Kier alpha value is 1.06. The third kappa shape index (κ3) is 15.7.